The minimum Gasteiger partial charge on any atom is -0.264 e. The SMILES string of the molecule is CCC(C)[Si](F)(F)c1ccc(C(F)(F)F)cc1. The van der Waals surface area contributed by atoms with Gasteiger partial charge in [-0.3, -0.25) is 8.22 Å². The van der Waals surface area contributed by atoms with Gasteiger partial charge in [0.25, 0.3) is 0 Å². The van der Waals surface area contributed by atoms with Gasteiger partial charge in [-0.05, 0) is 12.1 Å². The topological polar surface area (TPSA) is 0 Å². The van der Waals surface area contributed by atoms with Gasteiger partial charge >= 0.3 is 14.9 Å². The summed E-state index contributed by atoms with van der Waals surface area (Å²) >= 11 is 0. The maximum Gasteiger partial charge on any atom is 0.458 e. The largest absolute Gasteiger partial charge is 0.458 e. The number of hydrogen-bond donors (Lipinski definition) is 0. The number of rotatable bonds is 3. The van der Waals surface area contributed by atoms with Gasteiger partial charge in [0.1, 0.15) is 0 Å². The summed E-state index contributed by atoms with van der Waals surface area (Å²) in [6.45, 7) is 3.08. The molecule has 1 unspecified atom stereocenters. The van der Waals surface area contributed by atoms with Gasteiger partial charge in [0, 0.05) is 10.7 Å². The molecule has 1 aromatic rings. The number of halogens is 5. The van der Waals surface area contributed by atoms with E-state index in [0.29, 0.717) is 6.42 Å². The van der Waals surface area contributed by atoms with Crippen LogP contribution in [0.2, 0.25) is 5.54 Å². The zero-order valence-electron chi connectivity index (χ0n) is 9.48. The maximum absolute atomic E-state index is 13.8. The van der Waals surface area contributed by atoms with Crippen molar-refractivity contribution < 1.29 is 21.4 Å². The molecule has 0 N–H and O–H groups in total. The van der Waals surface area contributed by atoms with E-state index in [0.717, 1.165) is 24.3 Å². The molecule has 1 atom stereocenters. The van der Waals surface area contributed by atoms with Crippen LogP contribution in [0.15, 0.2) is 24.3 Å². The summed E-state index contributed by atoms with van der Waals surface area (Å²) in [5.41, 5.74) is -1.66. The van der Waals surface area contributed by atoms with Crippen LogP contribution in [0, 0.1) is 0 Å². The summed E-state index contributed by atoms with van der Waals surface area (Å²) in [5.74, 6) is 0. The molecule has 0 bridgehead atoms. The second-order valence-corrected chi connectivity index (χ2v) is 6.82. The standard InChI is InChI=1S/C11H13F5Si/c1-3-8(2)17(15,16)10-6-4-9(5-7-10)11(12,13)14/h4-8H,3H2,1-2H3. The normalized spacial score (nSPS) is 14.8. The summed E-state index contributed by atoms with van der Waals surface area (Å²) in [6.07, 6.45) is -4.16. The summed E-state index contributed by atoms with van der Waals surface area (Å²) in [6, 6.07) is 3.25. The molecule has 1 aromatic carbocycles. The average Bonchev–Trinajstić information content (AvgIpc) is 2.27. The molecule has 0 radical (unpaired) electrons. The van der Waals surface area contributed by atoms with E-state index in [1.807, 2.05) is 0 Å². The second-order valence-electron chi connectivity index (χ2n) is 4.01. The molecule has 17 heavy (non-hydrogen) atoms. The Balaban J connectivity index is 3.03. The van der Waals surface area contributed by atoms with Crippen molar-refractivity contribution in [2.75, 3.05) is 0 Å². The molecule has 96 valence electrons. The van der Waals surface area contributed by atoms with Crippen molar-refractivity contribution in [3.63, 3.8) is 0 Å². The van der Waals surface area contributed by atoms with Gasteiger partial charge in [-0.1, -0.05) is 32.4 Å². The minimum atomic E-state index is -4.63. The lowest BCUT2D eigenvalue weighted by Crippen LogP contribution is -2.42. The smallest absolute Gasteiger partial charge is 0.264 e. The van der Waals surface area contributed by atoms with Crippen LogP contribution in [0.25, 0.3) is 0 Å². The van der Waals surface area contributed by atoms with E-state index in [4.69, 9.17) is 0 Å². The predicted octanol–water partition coefficient (Wildman–Crippen LogP) is 4.09. The first-order chi connectivity index (χ1) is 7.69. The van der Waals surface area contributed by atoms with Crippen LogP contribution >= 0.6 is 0 Å². The summed E-state index contributed by atoms with van der Waals surface area (Å²) in [7, 11) is -4.63. The Bertz CT molecular complexity index is 368. The van der Waals surface area contributed by atoms with Gasteiger partial charge in [0.2, 0.25) is 0 Å². The van der Waals surface area contributed by atoms with Crippen molar-refractivity contribution in [1.29, 1.82) is 0 Å². The van der Waals surface area contributed by atoms with Crippen molar-refractivity contribution in [3.8, 4) is 0 Å². The fourth-order valence-electron chi connectivity index (χ4n) is 1.42. The lowest BCUT2D eigenvalue weighted by atomic mass is 10.2. The summed E-state index contributed by atoms with van der Waals surface area (Å²) in [5, 5.41) is -0.236. The van der Waals surface area contributed by atoms with Crippen molar-refractivity contribution in [2.45, 2.75) is 32.0 Å². The van der Waals surface area contributed by atoms with Gasteiger partial charge in [0.15, 0.2) is 0 Å². The van der Waals surface area contributed by atoms with Crippen molar-refractivity contribution in [3.05, 3.63) is 29.8 Å². The third-order valence-corrected chi connectivity index (χ3v) is 5.58. The van der Waals surface area contributed by atoms with Gasteiger partial charge in [-0.2, -0.15) is 13.2 Å². The van der Waals surface area contributed by atoms with Crippen molar-refractivity contribution in [1.82, 2.24) is 0 Å². The Hall–Kier alpha value is -0.913. The molecule has 0 heterocycles. The highest BCUT2D eigenvalue weighted by molar-refractivity contribution is 6.81. The number of benzene rings is 1. The van der Waals surface area contributed by atoms with E-state index < -0.39 is 26.0 Å². The summed E-state index contributed by atoms with van der Waals surface area (Å²) in [4.78, 5) is 0. The monoisotopic (exact) mass is 268 g/mol. The lowest BCUT2D eigenvalue weighted by Gasteiger charge is -2.19. The zero-order chi connectivity index (χ0) is 13.3. The van der Waals surface area contributed by atoms with E-state index in [1.165, 1.54) is 6.92 Å². The third-order valence-electron chi connectivity index (χ3n) is 2.83. The highest BCUT2D eigenvalue weighted by Gasteiger charge is 2.43. The fourth-order valence-corrected chi connectivity index (χ4v) is 3.12. The Morgan fingerprint density at radius 2 is 1.59 bits per heavy atom. The molecular weight excluding hydrogens is 255 g/mol. The molecule has 0 aliphatic heterocycles. The van der Waals surface area contributed by atoms with Crippen LogP contribution in [-0.4, -0.2) is 8.74 Å². The molecule has 0 fully saturated rings. The fraction of sp³-hybridized carbons (Fsp3) is 0.455. The molecule has 0 saturated heterocycles. The molecule has 0 aliphatic rings. The highest BCUT2D eigenvalue weighted by Crippen LogP contribution is 2.30. The molecule has 0 aliphatic carbocycles. The Morgan fingerprint density at radius 1 is 1.12 bits per heavy atom. The summed E-state index contributed by atoms with van der Waals surface area (Å²) < 4.78 is 64.5. The lowest BCUT2D eigenvalue weighted by molar-refractivity contribution is -0.137. The molecule has 0 saturated carbocycles. The van der Waals surface area contributed by atoms with Crippen LogP contribution < -0.4 is 5.19 Å². The zero-order valence-corrected chi connectivity index (χ0v) is 10.5. The average molecular weight is 268 g/mol. The Kier molecular flexibility index (Phi) is 3.96. The van der Waals surface area contributed by atoms with E-state index in [1.54, 1.807) is 6.92 Å². The van der Waals surface area contributed by atoms with Crippen LogP contribution in [-0.2, 0) is 6.18 Å². The molecule has 0 aromatic heterocycles. The predicted molar refractivity (Wildman–Crippen MR) is 58.8 cm³/mol. The Labute approximate surface area is 97.8 Å². The van der Waals surface area contributed by atoms with Gasteiger partial charge in [-0.25, -0.2) is 0 Å². The van der Waals surface area contributed by atoms with E-state index >= 15 is 0 Å². The molecule has 6 heteroatoms. The van der Waals surface area contributed by atoms with E-state index in [9.17, 15) is 21.4 Å². The van der Waals surface area contributed by atoms with Gasteiger partial charge < -0.3 is 0 Å². The van der Waals surface area contributed by atoms with Gasteiger partial charge in [-0.15, -0.1) is 0 Å². The van der Waals surface area contributed by atoms with Crippen LogP contribution in [0.1, 0.15) is 25.8 Å². The number of hydrogen-bond acceptors (Lipinski definition) is 0. The third kappa shape index (κ3) is 3.05. The van der Waals surface area contributed by atoms with E-state index in [2.05, 4.69) is 0 Å². The highest BCUT2D eigenvalue weighted by atomic mass is 28.4. The minimum absolute atomic E-state index is 0.236. The van der Waals surface area contributed by atoms with Crippen molar-refractivity contribution >= 4 is 13.9 Å². The Morgan fingerprint density at radius 3 is 1.94 bits per heavy atom. The molecule has 0 nitrogen and oxygen atoms in total. The second kappa shape index (κ2) is 4.76. The van der Waals surface area contributed by atoms with E-state index in [-0.39, 0.29) is 5.19 Å². The van der Waals surface area contributed by atoms with Crippen LogP contribution in [0.4, 0.5) is 21.4 Å². The first kappa shape index (κ1) is 14.1. The molecule has 1 rings (SSSR count). The first-order valence-corrected chi connectivity index (χ1v) is 7.08. The van der Waals surface area contributed by atoms with Crippen molar-refractivity contribution in [2.24, 2.45) is 0 Å². The molecule has 0 amide bonds. The quantitative estimate of drug-likeness (QED) is 0.440. The molecular formula is C11H13F5Si. The van der Waals surface area contributed by atoms with Gasteiger partial charge in [0.05, 0.1) is 5.56 Å². The molecule has 0 spiro atoms. The number of alkyl halides is 3. The maximum atomic E-state index is 13.8. The van der Waals surface area contributed by atoms with Crippen LogP contribution in [0.5, 0.6) is 0 Å². The first-order valence-electron chi connectivity index (χ1n) is 5.25. The van der Waals surface area contributed by atoms with Crippen LogP contribution in [0.3, 0.4) is 0 Å².